The van der Waals surface area contributed by atoms with Crippen LogP contribution in [0.1, 0.15) is 19.4 Å². The maximum absolute atomic E-state index is 12.8. The summed E-state index contributed by atoms with van der Waals surface area (Å²) in [4.78, 5) is 16.6. The van der Waals surface area contributed by atoms with E-state index in [0.29, 0.717) is 29.3 Å². The molecule has 0 aliphatic carbocycles. The Labute approximate surface area is 137 Å². The fraction of sp³-hybridized carbons (Fsp3) is 0.588. The summed E-state index contributed by atoms with van der Waals surface area (Å²) in [5.41, 5.74) is 1.35. The number of fused-ring (bicyclic) bond motifs is 1. The zero-order chi connectivity index (χ0) is 17.1. The highest BCUT2D eigenvalue weighted by atomic mass is 16.5. The number of benzene rings is 1. The third kappa shape index (κ3) is 3.59. The predicted molar refractivity (Wildman–Crippen MR) is 89.1 cm³/mol. The van der Waals surface area contributed by atoms with Crippen LogP contribution in [0.5, 0.6) is 11.5 Å². The van der Waals surface area contributed by atoms with Crippen molar-refractivity contribution in [2.24, 2.45) is 5.92 Å². The molecule has 0 bridgehead atoms. The van der Waals surface area contributed by atoms with Crippen molar-refractivity contribution in [3.05, 3.63) is 17.7 Å². The Morgan fingerprint density at radius 1 is 1.39 bits per heavy atom. The summed E-state index contributed by atoms with van der Waals surface area (Å²) in [6.45, 7) is 5.11. The summed E-state index contributed by atoms with van der Waals surface area (Å²) in [5.74, 6) is 1.12. The number of hydrogen-bond donors (Lipinski definition) is 1. The minimum absolute atomic E-state index is 0.0495. The highest BCUT2D eigenvalue weighted by Gasteiger charge is 2.38. The van der Waals surface area contributed by atoms with Gasteiger partial charge in [-0.2, -0.15) is 0 Å². The summed E-state index contributed by atoms with van der Waals surface area (Å²) in [7, 11) is 5.50. The van der Waals surface area contributed by atoms with E-state index in [1.807, 2.05) is 32.8 Å². The van der Waals surface area contributed by atoms with E-state index in [1.165, 1.54) is 0 Å². The number of carbonyl (C=O) groups is 1. The monoisotopic (exact) mass is 322 g/mol. The molecular formula is C17H26N2O4. The number of amides is 1. The molecule has 1 heterocycles. The quantitative estimate of drug-likeness (QED) is 0.860. The normalized spacial score (nSPS) is 17.5. The molecule has 0 radical (unpaired) electrons. The largest absolute Gasteiger partial charge is 0.493 e. The maximum atomic E-state index is 12.8. The SMILES string of the molecule is COc1cc(CO)cc2c1OC(C(C)C)C(=O)N2CCN(C)C. The van der Waals surface area contributed by atoms with E-state index in [1.54, 1.807) is 24.1 Å². The minimum Gasteiger partial charge on any atom is -0.493 e. The van der Waals surface area contributed by atoms with Crippen LogP contribution in [0, 0.1) is 5.92 Å². The molecule has 128 valence electrons. The second-order valence-corrected chi connectivity index (χ2v) is 6.38. The Morgan fingerprint density at radius 3 is 2.61 bits per heavy atom. The van der Waals surface area contributed by atoms with Gasteiger partial charge in [0, 0.05) is 13.1 Å². The number of nitrogens with zero attached hydrogens (tertiary/aromatic N) is 2. The zero-order valence-corrected chi connectivity index (χ0v) is 14.5. The molecular weight excluding hydrogens is 296 g/mol. The molecule has 6 nitrogen and oxygen atoms in total. The molecule has 0 spiro atoms. The molecule has 1 N–H and O–H groups in total. The van der Waals surface area contributed by atoms with Crippen LogP contribution in [0.3, 0.4) is 0 Å². The van der Waals surface area contributed by atoms with Crippen molar-refractivity contribution in [3.63, 3.8) is 0 Å². The molecule has 23 heavy (non-hydrogen) atoms. The Kier molecular flexibility index (Phi) is 5.49. The lowest BCUT2D eigenvalue weighted by Crippen LogP contribution is -2.50. The van der Waals surface area contributed by atoms with Gasteiger partial charge in [0.1, 0.15) is 0 Å². The summed E-state index contributed by atoms with van der Waals surface area (Å²) < 4.78 is 11.4. The molecule has 6 heteroatoms. The highest BCUT2D eigenvalue weighted by molar-refractivity contribution is 6.01. The molecule has 0 saturated heterocycles. The van der Waals surface area contributed by atoms with E-state index in [0.717, 1.165) is 6.54 Å². The van der Waals surface area contributed by atoms with E-state index in [2.05, 4.69) is 0 Å². The number of hydrogen-bond acceptors (Lipinski definition) is 5. The fourth-order valence-corrected chi connectivity index (χ4v) is 2.61. The molecule has 1 amide bonds. The predicted octanol–water partition coefficient (Wildman–Crippen LogP) is 1.50. The van der Waals surface area contributed by atoms with E-state index >= 15 is 0 Å². The van der Waals surface area contributed by atoms with Gasteiger partial charge in [-0.05, 0) is 37.7 Å². The van der Waals surface area contributed by atoms with Crippen molar-refractivity contribution < 1.29 is 19.4 Å². The summed E-state index contributed by atoms with van der Waals surface area (Å²) >= 11 is 0. The number of ether oxygens (including phenoxy) is 2. The van der Waals surface area contributed by atoms with Crippen molar-refractivity contribution in [3.8, 4) is 11.5 Å². The Bertz CT molecular complexity index is 572. The highest BCUT2D eigenvalue weighted by Crippen LogP contribution is 2.43. The molecule has 1 aliphatic rings. The summed E-state index contributed by atoms with van der Waals surface area (Å²) in [5, 5.41) is 9.46. The molecule has 1 aliphatic heterocycles. The lowest BCUT2D eigenvalue weighted by Gasteiger charge is -2.37. The van der Waals surface area contributed by atoms with Crippen molar-refractivity contribution in [2.45, 2.75) is 26.6 Å². The van der Waals surface area contributed by atoms with Crippen molar-refractivity contribution >= 4 is 11.6 Å². The smallest absolute Gasteiger partial charge is 0.268 e. The molecule has 1 unspecified atom stereocenters. The van der Waals surface area contributed by atoms with Crippen LogP contribution in [0.4, 0.5) is 5.69 Å². The number of likely N-dealkylation sites (N-methyl/N-ethyl adjacent to an activating group) is 1. The number of rotatable bonds is 6. The second kappa shape index (κ2) is 7.19. The topological polar surface area (TPSA) is 62.2 Å². The van der Waals surface area contributed by atoms with Crippen LogP contribution < -0.4 is 14.4 Å². The fourth-order valence-electron chi connectivity index (χ4n) is 2.61. The minimum atomic E-state index is -0.529. The van der Waals surface area contributed by atoms with E-state index in [-0.39, 0.29) is 18.4 Å². The molecule has 1 atom stereocenters. The van der Waals surface area contributed by atoms with Crippen LogP contribution in [-0.4, -0.2) is 56.3 Å². The van der Waals surface area contributed by atoms with Gasteiger partial charge in [-0.25, -0.2) is 0 Å². The van der Waals surface area contributed by atoms with Gasteiger partial charge >= 0.3 is 0 Å². The molecule has 1 aromatic rings. The second-order valence-electron chi connectivity index (χ2n) is 6.38. The first kappa shape index (κ1) is 17.6. The number of aliphatic hydroxyl groups excluding tert-OH is 1. The number of anilines is 1. The number of aliphatic hydroxyl groups is 1. The average molecular weight is 322 g/mol. The molecule has 0 saturated carbocycles. The standard InChI is InChI=1S/C17H26N2O4/c1-11(2)15-17(21)19(7-6-18(3)4)13-8-12(10-20)9-14(22-5)16(13)23-15/h8-9,11,15,20H,6-7,10H2,1-5H3. The van der Waals surface area contributed by atoms with Gasteiger partial charge in [0.15, 0.2) is 17.6 Å². The van der Waals surface area contributed by atoms with Crippen LogP contribution >= 0.6 is 0 Å². The van der Waals surface area contributed by atoms with Gasteiger partial charge in [0.05, 0.1) is 19.4 Å². The molecule has 0 fully saturated rings. The summed E-state index contributed by atoms with van der Waals surface area (Å²) in [6, 6.07) is 3.54. The summed E-state index contributed by atoms with van der Waals surface area (Å²) in [6.07, 6.45) is -0.529. The van der Waals surface area contributed by atoms with Gasteiger partial charge in [-0.3, -0.25) is 4.79 Å². The lowest BCUT2D eigenvalue weighted by molar-refractivity contribution is -0.128. The van der Waals surface area contributed by atoms with E-state index in [9.17, 15) is 9.90 Å². The van der Waals surface area contributed by atoms with E-state index < -0.39 is 6.10 Å². The Morgan fingerprint density at radius 2 is 2.09 bits per heavy atom. The van der Waals surface area contributed by atoms with Gasteiger partial charge in [-0.1, -0.05) is 13.8 Å². The van der Waals surface area contributed by atoms with Gasteiger partial charge in [0.25, 0.3) is 5.91 Å². The van der Waals surface area contributed by atoms with Crippen molar-refractivity contribution in [1.82, 2.24) is 4.90 Å². The first-order valence-electron chi connectivity index (χ1n) is 7.83. The third-order valence-corrected chi connectivity index (χ3v) is 3.92. The van der Waals surface area contributed by atoms with Crippen molar-refractivity contribution in [1.29, 1.82) is 0 Å². The van der Waals surface area contributed by atoms with Gasteiger partial charge < -0.3 is 24.4 Å². The molecule has 0 aromatic heterocycles. The molecule has 1 aromatic carbocycles. The Balaban J connectivity index is 2.50. The molecule has 2 rings (SSSR count). The first-order valence-corrected chi connectivity index (χ1v) is 7.83. The number of carbonyl (C=O) groups excluding carboxylic acids is 1. The Hall–Kier alpha value is -1.79. The van der Waals surface area contributed by atoms with Crippen LogP contribution in [0.2, 0.25) is 0 Å². The lowest BCUT2D eigenvalue weighted by atomic mass is 10.0. The first-order chi connectivity index (χ1) is 10.9. The third-order valence-electron chi connectivity index (χ3n) is 3.92. The van der Waals surface area contributed by atoms with Gasteiger partial charge in [-0.15, -0.1) is 0 Å². The van der Waals surface area contributed by atoms with E-state index in [4.69, 9.17) is 9.47 Å². The zero-order valence-electron chi connectivity index (χ0n) is 14.5. The average Bonchev–Trinajstić information content (AvgIpc) is 2.51. The van der Waals surface area contributed by atoms with Crippen LogP contribution in [-0.2, 0) is 11.4 Å². The van der Waals surface area contributed by atoms with Gasteiger partial charge in [0.2, 0.25) is 0 Å². The van der Waals surface area contributed by atoms with Crippen molar-refractivity contribution in [2.75, 3.05) is 39.2 Å². The number of methoxy groups -OCH3 is 1. The van der Waals surface area contributed by atoms with Crippen LogP contribution in [0.15, 0.2) is 12.1 Å². The maximum Gasteiger partial charge on any atom is 0.268 e. The van der Waals surface area contributed by atoms with Crippen LogP contribution in [0.25, 0.3) is 0 Å².